The largest absolute Gasteiger partial charge is 0.508 e. The number of phenolic OH excluding ortho intramolecular Hbond substituents is 1. The molecule has 2 nitrogen and oxygen atoms in total. The minimum atomic E-state index is -2.59. The summed E-state index contributed by atoms with van der Waals surface area (Å²) >= 11 is 0. The van der Waals surface area contributed by atoms with Crippen LogP contribution in [-0.4, -0.2) is 10.2 Å². The number of benzene rings is 1. The van der Waals surface area contributed by atoms with Crippen LogP contribution in [0.4, 0.5) is 8.78 Å². The summed E-state index contributed by atoms with van der Waals surface area (Å²) in [7, 11) is 0. The van der Waals surface area contributed by atoms with Crippen LogP contribution >= 0.6 is 0 Å². The van der Waals surface area contributed by atoms with E-state index in [-0.39, 0.29) is 16.9 Å². The Hall–Kier alpha value is -1.16. The molecule has 0 radical (unpaired) electrons. The van der Waals surface area contributed by atoms with Crippen LogP contribution in [0.25, 0.3) is 0 Å². The van der Waals surface area contributed by atoms with Crippen molar-refractivity contribution in [3.63, 3.8) is 0 Å². The lowest BCUT2D eigenvalue weighted by atomic mass is 10.1. The van der Waals surface area contributed by atoms with E-state index in [9.17, 15) is 13.9 Å². The Kier molecular flexibility index (Phi) is 2.83. The molecule has 1 unspecified atom stereocenters. The fraction of sp³-hybridized carbons (Fsp3) is 0.333. The van der Waals surface area contributed by atoms with Gasteiger partial charge in [-0.25, -0.2) is 8.78 Å². The van der Waals surface area contributed by atoms with Gasteiger partial charge in [0.1, 0.15) is 5.75 Å². The van der Waals surface area contributed by atoms with Crippen LogP contribution in [0.5, 0.6) is 5.75 Å². The van der Waals surface area contributed by atoms with Crippen molar-refractivity contribution in [2.45, 2.75) is 19.5 Å². The Morgan fingerprint density at radius 2 is 1.92 bits per heavy atom. The van der Waals surface area contributed by atoms with Crippen molar-refractivity contribution in [1.82, 2.24) is 0 Å². The minimum Gasteiger partial charge on any atom is -0.508 e. The van der Waals surface area contributed by atoms with Crippen molar-refractivity contribution in [3.05, 3.63) is 29.3 Å². The van der Waals surface area contributed by atoms with Gasteiger partial charge < -0.3 is 10.2 Å². The average Bonchev–Trinajstić information content (AvgIpc) is 2.04. The maximum absolute atomic E-state index is 12.2. The topological polar surface area (TPSA) is 40.5 Å². The van der Waals surface area contributed by atoms with Crippen LogP contribution in [-0.2, 0) is 0 Å². The predicted molar refractivity (Wildman–Crippen MR) is 43.7 cm³/mol. The van der Waals surface area contributed by atoms with Gasteiger partial charge >= 0.3 is 0 Å². The molecular formula is C9H10F2O2. The third kappa shape index (κ3) is 2.15. The molecule has 4 heteroatoms. The van der Waals surface area contributed by atoms with Gasteiger partial charge in [0.15, 0.2) is 0 Å². The van der Waals surface area contributed by atoms with Gasteiger partial charge in [0.25, 0.3) is 6.43 Å². The molecule has 0 saturated heterocycles. The van der Waals surface area contributed by atoms with Gasteiger partial charge in [-0.3, -0.25) is 0 Å². The first-order valence-electron chi connectivity index (χ1n) is 3.81. The minimum absolute atomic E-state index is 0.123. The highest BCUT2D eigenvalue weighted by atomic mass is 19.3. The van der Waals surface area contributed by atoms with Crippen LogP contribution in [0.3, 0.4) is 0 Å². The average molecular weight is 188 g/mol. The lowest BCUT2D eigenvalue weighted by molar-refractivity contribution is 0.150. The lowest BCUT2D eigenvalue weighted by Gasteiger charge is -2.09. The first-order chi connectivity index (χ1) is 6.02. The number of aliphatic hydroxyl groups excluding tert-OH is 1. The van der Waals surface area contributed by atoms with Crippen molar-refractivity contribution in [1.29, 1.82) is 0 Å². The van der Waals surface area contributed by atoms with Gasteiger partial charge in [0.05, 0.1) is 6.10 Å². The van der Waals surface area contributed by atoms with E-state index in [0.29, 0.717) is 0 Å². The molecule has 0 aliphatic rings. The van der Waals surface area contributed by atoms with E-state index in [1.807, 2.05) is 0 Å². The highest BCUT2D eigenvalue weighted by Gasteiger charge is 2.12. The Bertz CT molecular complexity index is 298. The quantitative estimate of drug-likeness (QED) is 0.748. The number of halogens is 2. The molecule has 0 amide bonds. The molecule has 0 fully saturated rings. The van der Waals surface area contributed by atoms with E-state index >= 15 is 0 Å². The zero-order valence-electron chi connectivity index (χ0n) is 7.04. The maximum atomic E-state index is 12.2. The molecule has 1 aromatic rings. The van der Waals surface area contributed by atoms with E-state index < -0.39 is 12.5 Å². The number of alkyl halides is 2. The number of hydrogen-bond donors (Lipinski definition) is 2. The second-order valence-electron chi connectivity index (χ2n) is 2.79. The monoisotopic (exact) mass is 188 g/mol. The normalized spacial score (nSPS) is 13.3. The van der Waals surface area contributed by atoms with E-state index in [1.165, 1.54) is 6.92 Å². The molecule has 0 saturated carbocycles. The van der Waals surface area contributed by atoms with Crippen molar-refractivity contribution < 1.29 is 19.0 Å². The maximum Gasteiger partial charge on any atom is 0.263 e. The first kappa shape index (κ1) is 9.92. The van der Waals surface area contributed by atoms with Crippen LogP contribution < -0.4 is 0 Å². The number of rotatable bonds is 2. The molecule has 2 N–H and O–H groups in total. The second kappa shape index (κ2) is 3.70. The summed E-state index contributed by atoms with van der Waals surface area (Å²) in [5.74, 6) is -0.167. The predicted octanol–water partition coefficient (Wildman–Crippen LogP) is 2.38. The van der Waals surface area contributed by atoms with Crippen LogP contribution in [0.15, 0.2) is 18.2 Å². The van der Waals surface area contributed by atoms with Crippen LogP contribution in [0.1, 0.15) is 30.6 Å². The Balaban J connectivity index is 3.11. The first-order valence-corrected chi connectivity index (χ1v) is 3.81. The van der Waals surface area contributed by atoms with E-state index in [0.717, 1.165) is 18.2 Å². The Morgan fingerprint density at radius 3 is 2.38 bits per heavy atom. The van der Waals surface area contributed by atoms with Gasteiger partial charge in [0, 0.05) is 11.1 Å². The fourth-order valence-electron chi connectivity index (χ4n) is 1.04. The molecule has 1 rings (SSSR count). The fourth-order valence-corrected chi connectivity index (χ4v) is 1.04. The smallest absolute Gasteiger partial charge is 0.263 e. The van der Waals surface area contributed by atoms with Crippen molar-refractivity contribution >= 4 is 0 Å². The van der Waals surface area contributed by atoms with Crippen LogP contribution in [0, 0.1) is 0 Å². The van der Waals surface area contributed by atoms with Gasteiger partial charge in [0.2, 0.25) is 0 Å². The zero-order valence-corrected chi connectivity index (χ0v) is 7.04. The summed E-state index contributed by atoms with van der Waals surface area (Å²) in [6, 6.07) is 3.39. The lowest BCUT2D eigenvalue weighted by Crippen LogP contribution is -1.94. The number of aromatic hydroxyl groups is 1. The second-order valence-corrected chi connectivity index (χ2v) is 2.79. The van der Waals surface area contributed by atoms with Gasteiger partial charge in [-0.1, -0.05) is 0 Å². The summed E-state index contributed by atoms with van der Waals surface area (Å²) in [6.07, 6.45) is -3.53. The van der Waals surface area contributed by atoms with Gasteiger partial charge in [-0.05, 0) is 25.1 Å². The van der Waals surface area contributed by atoms with E-state index in [2.05, 4.69) is 0 Å². The number of hydrogen-bond acceptors (Lipinski definition) is 2. The third-order valence-corrected chi connectivity index (χ3v) is 1.75. The molecule has 1 atom stereocenters. The standard InChI is InChI=1S/C9H10F2O2/c1-5(12)7-4-6(9(10)11)2-3-8(7)13/h2-5,9,12-13H,1H3. The summed E-state index contributed by atoms with van der Waals surface area (Å²) in [4.78, 5) is 0. The molecule has 0 aliphatic carbocycles. The third-order valence-electron chi connectivity index (χ3n) is 1.75. The molecule has 13 heavy (non-hydrogen) atoms. The summed E-state index contributed by atoms with van der Waals surface area (Å²) in [5, 5.41) is 18.3. The highest BCUT2D eigenvalue weighted by Crippen LogP contribution is 2.28. The molecule has 0 bridgehead atoms. The Labute approximate surface area is 74.4 Å². The van der Waals surface area contributed by atoms with Crippen molar-refractivity contribution in [2.24, 2.45) is 0 Å². The Morgan fingerprint density at radius 1 is 1.31 bits per heavy atom. The SMILES string of the molecule is CC(O)c1cc(C(F)F)ccc1O. The zero-order chi connectivity index (χ0) is 10.0. The summed E-state index contributed by atoms with van der Waals surface area (Å²) in [6.45, 7) is 1.41. The van der Waals surface area contributed by atoms with Gasteiger partial charge in [-0.2, -0.15) is 0 Å². The molecule has 0 aromatic heterocycles. The molecule has 1 aromatic carbocycles. The van der Waals surface area contributed by atoms with Crippen molar-refractivity contribution in [2.75, 3.05) is 0 Å². The van der Waals surface area contributed by atoms with Crippen LogP contribution in [0.2, 0.25) is 0 Å². The molecule has 72 valence electrons. The number of phenols is 1. The van der Waals surface area contributed by atoms with Gasteiger partial charge in [-0.15, -0.1) is 0 Å². The van der Waals surface area contributed by atoms with E-state index in [4.69, 9.17) is 5.11 Å². The highest BCUT2D eigenvalue weighted by molar-refractivity contribution is 5.37. The molecule has 0 heterocycles. The molecule has 0 spiro atoms. The molecule has 0 aliphatic heterocycles. The number of aliphatic hydroxyl groups is 1. The summed E-state index contributed by atoms with van der Waals surface area (Å²) in [5.41, 5.74) is -0.0773. The summed E-state index contributed by atoms with van der Waals surface area (Å²) < 4.78 is 24.4. The van der Waals surface area contributed by atoms with Crippen molar-refractivity contribution in [3.8, 4) is 5.75 Å². The van der Waals surface area contributed by atoms with E-state index in [1.54, 1.807) is 0 Å². The molecular weight excluding hydrogens is 178 g/mol.